The van der Waals surface area contributed by atoms with E-state index in [0.717, 1.165) is 31.7 Å². The Morgan fingerprint density at radius 3 is 3.00 bits per heavy atom. The van der Waals surface area contributed by atoms with E-state index in [1.165, 1.54) is 0 Å². The molecule has 4 heteroatoms. The molecule has 1 fully saturated rings. The Labute approximate surface area is 96.0 Å². The summed E-state index contributed by atoms with van der Waals surface area (Å²) < 4.78 is 1.85. The van der Waals surface area contributed by atoms with E-state index in [2.05, 4.69) is 23.0 Å². The molecule has 1 saturated heterocycles. The number of likely N-dealkylation sites (tertiary alicyclic amines) is 1. The first-order valence-corrected chi connectivity index (χ1v) is 5.94. The van der Waals surface area contributed by atoms with Gasteiger partial charge in [0.25, 0.3) is 0 Å². The Kier molecular flexibility index (Phi) is 3.32. The zero-order valence-corrected chi connectivity index (χ0v) is 10.1. The number of hydrogen-bond acceptors (Lipinski definition) is 2. The van der Waals surface area contributed by atoms with Crippen LogP contribution in [0.15, 0.2) is 12.3 Å². The smallest absolute Gasteiger partial charge is 0.0764 e. The third kappa shape index (κ3) is 2.73. The van der Waals surface area contributed by atoms with E-state index < -0.39 is 0 Å². The van der Waals surface area contributed by atoms with Gasteiger partial charge in [-0.25, -0.2) is 0 Å². The molecule has 0 bridgehead atoms. The number of hydrogen-bond donors (Lipinski definition) is 0. The van der Waals surface area contributed by atoms with E-state index in [4.69, 9.17) is 11.6 Å². The van der Waals surface area contributed by atoms with Crippen LogP contribution in [0.5, 0.6) is 0 Å². The number of aryl methyl sites for hydroxylation is 1. The predicted molar refractivity (Wildman–Crippen MR) is 61.9 cm³/mol. The summed E-state index contributed by atoms with van der Waals surface area (Å²) in [5.41, 5.74) is 1.15. The highest BCUT2D eigenvalue weighted by Gasteiger charge is 2.24. The molecule has 0 aromatic carbocycles. The zero-order valence-electron chi connectivity index (χ0n) is 9.36. The molecular formula is C11H18ClN3. The molecule has 2 rings (SSSR count). The highest BCUT2D eigenvalue weighted by atomic mass is 35.5. The normalized spacial score (nSPS) is 28.2. The van der Waals surface area contributed by atoms with Gasteiger partial charge in [0.2, 0.25) is 0 Å². The van der Waals surface area contributed by atoms with Crippen LogP contribution in [-0.2, 0) is 13.6 Å². The standard InChI is InChI=1S/C11H18ClN3/c1-9-7-15(6-4-11(9)12)8-10-3-5-14(2)13-10/h3,5,9,11H,4,6-8H2,1-2H3. The summed E-state index contributed by atoms with van der Waals surface area (Å²) in [6.07, 6.45) is 3.09. The molecule has 0 radical (unpaired) electrons. The minimum Gasteiger partial charge on any atom is -0.297 e. The van der Waals surface area contributed by atoms with E-state index in [1.807, 2.05) is 17.9 Å². The topological polar surface area (TPSA) is 21.1 Å². The third-order valence-electron chi connectivity index (χ3n) is 3.04. The molecule has 1 aromatic rings. The Balaban J connectivity index is 1.90. The minimum atomic E-state index is 0.352. The highest BCUT2D eigenvalue weighted by molar-refractivity contribution is 6.20. The number of piperidine rings is 1. The summed E-state index contributed by atoms with van der Waals surface area (Å²) in [6, 6.07) is 2.08. The SMILES string of the molecule is CC1CN(Cc2ccn(C)n2)CCC1Cl. The Morgan fingerprint density at radius 1 is 1.60 bits per heavy atom. The van der Waals surface area contributed by atoms with Crippen LogP contribution in [-0.4, -0.2) is 33.1 Å². The summed E-state index contributed by atoms with van der Waals surface area (Å²) in [4.78, 5) is 2.44. The molecule has 0 N–H and O–H groups in total. The quantitative estimate of drug-likeness (QED) is 0.720. The van der Waals surface area contributed by atoms with E-state index >= 15 is 0 Å². The molecule has 1 aromatic heterocycles. The second-order valence-electron chi connectivity index (χ2n) is 4.50. The maximum atomic E-state index is 6.19. The van der Waals surface area contributed by atoms with Gasteiger partial charge in [0.1, 0.15) is 0 Å². The molecule has 84 valence electrons. The Bertz CT molecular complexity index is 323. The van der Waals surface area contributed by atoms with Crippen molar-refractivity contribution < 1.29 is 0 Å². The van der Waals surface area contributed by atoms with Gasteiger partial charge in [-0.1, -0.05) is 6.92 Å². The molecule has 2 atom stereocenters. The van der Waals surface area contributed by atoms with Crippen LogP contribution in [0.2, 0.25) is 0 Å². The first kappa shape index (κ1) is 11.0. The van der Waals surface area contributed by atoms with Gasteiger partial charge in [-0.2, -0.15) is 5.10 Å². The van der Waals surface area contributed by atoms with Crippen LogP contribution < -0.4 is 0 Å². The first-order chi connectivity index (χ1) is 7.15. The lowest BCUT2D eigenvalue weighted by Crippen LogP contribution is -2.39. The van der Waals surface area contributed by atoms with Crippen molar-refractivity contribution in [2.75, 3.05) is 13.1 Å². The number of halogens is 1. The Hall–Kier alpha value is -0.540. The van der Waals surface area contributed by atoms with Crippen molar-refractivity contribution in [3.63, 3.8) is 0 Å². The predicted octanol–water partition coefficient (Wildman–Crippen LogP) is 1.87. The monoisotopic (exact) mass is 227 g/mol. The first-order valence-electron chi connectivity index (χ1n) is 5.50. The maximum absolute atomic E-state index is 6.19. The maximum Gasteiger partial charge on any atom is 0.0764 e. The fourth-order valence-corrected chi connectivity index (χ4v) is 2.30. The average Bonchev–Trinajstić information content (AvgIpc) is 2.58. The second kappa shape index (κ2) is 4.54. The highest BCUT2D eigenvalue weighted by Crippen LogP contribution is 2.22. The summed E-state index contributed by atoms with van der Waals surface area (Å²) in [5.74, 6) is 0.587. The molecule has 0 aliphatic carbocycles. The van der Waals surface area contributed by atoms with E-state index in [-0.39, 0.29) is 0 Å². The number of alkyl halides is 1. The van der Waals surface area contributed by atoms with Crippen LogP contribution in [0.4, 0.5) is 0 Å². The van der Waals surface area contributed by atoms with Gasteiger partial charge in [0.15, 0.2) is 0 Å². The second-order valence-corrected chi connectivity index (χ2v) is 5.06. The lowest BCUT2D eigenvalue weighted by atomic mass is 9.99. The molecular weight excluding hydrogens is 210 g/mol. The van der Waals surface area contributed by atoms with Crippen molar-refractivity contribution >= 4 is 11.6 Å². The molecule has 0 spiro atoms. The van der Waals surface area contributed by atoms with Gasteiger partial charge in [0.05, 0.1) is 5.69 Å². The van der Waals surface area contributed by atoms with Gasteiger partial charge < -0.3 is 0 Å². The molecule has 3 nitrogen and oxygen atoms in total. The zero-order chi connectivity index (χ0) is 10.8. The van der Waals surface area contributed by atoms with Crippen LogP contribution in [0.1, 0.15) is 19.0 Å². The fourth-order valence-electron chi connectivity index (χ4n) is 2.12. The van der Waals surface area contributed by atoms with Crippen molar-refractivity contribution in [1.82, 2.24) is 14.7 Å². The summed E-state index contributed by atoms with van der Waals surface area (Å²) >= 11 is 6.19. The molecule has 1 aliphatic heterocycles. The molecule has 2 heterocycles. The van der Waals surface area contributed by atoms with Crippen molar-refractivity contribution in [3.8, 4) is 0 Å². The van der Waals surface area contributed by atoms with Crippen LogP contribution in [0, 0.1) is 5.92 Å². The van der Waals surface area contributed by atoms with Crippen LogP contribution >= 0.6 is 11.6 Å². The van der Waals surface area contributed by atoms with Crippen molar-refractivity contribution in [2.45, 2.75) is 25.3 Å². The summed E-state index contributed by atoms with van der Waals surface area (Å²) in [5, 5.41) is 4.74. The van der Waals surface area contributed by atoms with Crippen molar-refractivity contribution in [3.05, 3.63) is 18.0 Å². The van der Waals surface area contributed by atoms with Crippen molar-refractivity contribution in [1.29, 1.82) is 0 Å². The van der Waals surface area contributed by atoms with Crippen LogP contribution in [0.3, 0.4) is 0 Å². The molecule has 0 amide bonds. The van der Waals surface area contributed by atoms with E-state index in [9.17, 15) is 0 Å². The number of aromatic nitrogens is 2. The summed E-state index contributed by atoms with van der Waals surface area (Å²) in [6.45, 7) is 5.36. The van der Waals surface area contributed by atoms with E-state index in [1.54, 1.807) is 0 Å². The number of nitrogens with zero attached hydrogens (tertiary/aromatic N) is 3. The molecule has 1 aliphatic rings. The molecule has 15 heavy (non-hydrogen) atoms. The fraction of sp³-hybridized carbons (Fsp3) is 0.727. The van der Waals surface area contributed by atoms with Gasteiger partial charge in [-0.05, 0) is 24.9 Å². The largest absolute Gasteiger partial charge is 0.297 e. The summed E-state index contributed by atoms with van der Waals surface area (Å²) in [7, 11) is 1.96. The third-order valence-corrected chi connectivity index (χ3v) is 3.69. The minimum absolute atomic E-state index is 0.352. The van der Waals surface area contributed by atoms with E-state index in [0.29, 0.717) is 11.3 Å². The average molecular weight is 228 g/mol. The van der Waals surface area contributed by atoms with Crippen molar-refractivity contribution in [2.24, 2.45) is 13.0 Å². The molecule has 0 saturated carbocycles. The Morgan fingerprint density at radius 2 is 2.40 bits per heavy atom. The van der Waals surface area contributed by atoms with Gasteiger partial charge in [0, 0.05) is 31.7 Å². The molecule has 2 unspecified atom stereocenters. The lowest BCUT2D eigenvalue weighted by Gasteiger charge is -2.33. The van der Waals surface area contributed by atoms with Gasteiger partial charge >= 0.3 is 0 Å². The lowest BCUT2D eigenvalue weighted by molar-refractivity contribution is 0.178. The number of rotatable bonds is 2. The van der Waals surface area contributed by atoms with Gasteiger partial charge in [-0.15, -0.1) is 11.6 Å². The van der Waals surface area contributed by atoms with Gasteiger partial charge in [-0.3, -0.25) is 9.58 Å². The van der Waals surface area contributed by atoms with Crippen LogP contribution in [0.25, 0.3) is 0 Å².